The maximum Gasteiger partial charge on any atom is 0.321 e. The van der Waals surface area contributed by atoms with Crippen LogP contribution in [0.1, 0.15) is 27.9 Å². The average molecular weight is 574 g/mol. The first-order chi connectivity index (χ1) is 20.8. The highest BCUT2D eigenvalue weighted by molar-refractivity contribution is 5.91. The number of benzene rings is 3. The van der Waals surface area contributed by atoms with Crippen molar-refractivity contribution in [3.63, 3.8) is 0 Å². The van der Waals surface area contributed by atoms with E-state index in [1.807, 2.05) is 55.1 Å². The zero-order valence-electron chi connectivity index (χ0n) is 25.6. The summed E-state index contributed by atoms with van der Waals surface area (Å²) in [4.78, 5) is 22.6. The number of fused-ring (bicyclic) bond motifs is 1. The molecular weight excluding hydrogens is 534 g/mol. The van der Waals surface area contributed by atoms with Crippen molar-refractivity contribution in [2.45, 2.75) is 34.2 Å². The molecule has 1 aliphatic rings. The van der Waals surface area contributed by atoms with Crippen LogP contribution in [0.4, 0.5) is 10.5 Å². The molecule has 1 N–H and O–H groups in total. The molecule has 7 heteroatoms. The summed E-state index contributed by atoms with van der Waals surface area (Å²) >= 11 is 0. The molecule has 0 unspecified atom stereocenters. The van der Waals surface area contributed by atoms with E-state index < -0.39 is 0 Å². The van der Waals surface area contributed by atoms with Crippen LogP contribution < -0.4 is 10.1 Å². The smallest absolute Gasteiger partial charge is 0.321 e. The lowest BCUT2D eigenvalue weighted by molar-refractivity contribution is 0.142. The Morgan fingerprint density at radius 2 is 1.58 bits per heavy atom. The Hall–Kier alpha value is -4.62. The van der Waals surface area contributed by atoms with Gasteiger partial charge in [-0.25, -0.2) is 9.78 Å². The van der Waals surface area contributed by atoms with Gasteiger partial charge in [0.05, 0.1) is 18.5 Å². The number of methoxy groups -OCH3 is 1. The van der Waals surface area contributed by atoms with Crippen LogP contribution in [0.3, 0.4) is 0 Å². The van der Waals surface area contributed by atoms with Crippen LogP contribution in [0.5, 0.6) is 5.75 Å². The summed E-state index contributed by atoms with van der Waals surface area (Å²) in [5.74, 6) is 0.806. The van der Waals surface area contributed by atoms with E-state index in [9.17, 15) is 4.79 Å². The van der Waals surface area contributed by atoms with Gasteiger partial charge in [-0.15, -0.1) is 0 Å². The predicted octanol–water partition coefficient (Wildman–Crippen LogP) is 7.26. The molecule has 1 aliphatic heterocycles. The quantitative estimate of drug-likeness (QED) is 0.232. The van der Waals surface area contributed by atoms with Crippen LogP contribution in [0.15, 0.2) is 79.0 Å². The van der Waals surface area contributed by atoms with Gasteiger partial charge in [-0.3, -0.25) is 4.90 Å². The molecule has 3 aromatic carbocycles. The normalized spacial score (nSPS) is 13.8. The van der Waals surface area contributed by atoms with Crippen molar-refractivity contribution < 1.29 is 9.53 Å². The van der Waals surface area contributed by atoms with E-state index in [4.69, 9.17) is 9.72 Å². The lowest BCUT2D eigenvalue weighted by Crippen LogP contribution is -2.49. The van der Waals surface area contributed by atoms with Gasteiger partial charge >= 0.3 is 6.03 Å². The number of urea groups is 1. The third kappa shape index (κ3) is 5.86. The number of rotatable bonds is 6. The first-order valence-corrected chi connectivity index (χ1v) is 14.9. The summed E-state index contributed by atoms with van der Waals surface area (Å²) < 4.78 is 7.79. The molecule has 0 aliphatic carbocycles. The topological polar surface area (TPSA) is 62.1 Å². The van der Waals surface area contributed by atoms with Crippen LogP contribution in [0, 0.1) is 27.7 Å². The summed E-state index contributed by atoms with van der Waals surface area (Å²) in [7, 11) is 1.69. The third-order valence-corrected chi connectivity index (χ3v) is 8.51. The number of pyridine rings is 1. The summed E-state index contributed by atoms with van der Waals surface area (Å²) in [5, 5.41) is 3.15. The van der Waals surface area contributed by atoms with Crippen LogP contribution in [0.25, 0.3) is 28.0 Å². The van der Waals surface area contributed by atoms with Gasteiger partial charge in [0.2, 0.25) is 0 Å². The molecule has 1 fully saturated rings. The second-order valence-corrected chi connectivity index (χ2v) is 11.6. The zero-order valence-corrected chi connectivity index (χ0v) is 25.6. The Kier molecular flexibility index (Phi) is 7.91. The van der Waals surface area contributed by atoms with Gasteiger partial charge in [0.1, 0.15) is 11.4 Å². The monoisotopic (exact) mass is 573 g/mol. The first kappa shape index (κ1) is 28.5. The number of piperazine rings is 1. The minimum Gasteiger partial charge on any atom is -0.497 e. The number of hydrogen-bond donors (Lipinski definition) is 1. The highest BCUT2D eigenvalue weighted by Crippen LogP contribution is 2.31. The second-order valence-electron chi connectivity index (χ2n) is 11.6. The van der Waals surface area contributed by atoms with E-state index in [2.05, 4.69) is 71.1 Å². The Labute approximate surface area is 253 Å². The summed E-state index contributed by atoms with van der Waals surface area (Å²) in [6, 6.07) is 25.0. The van der Waals surface area contributed by atoms with Gasteiger partial charge in [0.15, 0.2) is 0 Å². The minimum atomic E-state index is -0.0397. The van der Waals surface area contributed by atoms with Crippen LogP contribution in [0.2, 0.25) is 0 Å². The number of aryl methyl sites for hydroxylation is 4. The SMILES string of the molecule is COc1cccc(-c2nc3ccc(-c4cc(C)ccc4C)cn3c2CN2CCN(C(=O)Nc3c(C)cccc3C)CC2)c1. The second kappa shape index (κ2) is 11.9. The Balaban J connectivity index is 1.29. The van der Waals surface area contributed by atoms with Crippen LogP contribution in [-0.2, 0) is 6.54 Å². The van der Waals surface area contributed by atoms with Crippen LogP contribution in [-0.4, -0.2) is 58.5 Å². The molecule has 2 amide bonds. The van der Waals surface area contributed by atoms with E-state index >= 15 is 0 Å². The molecule has 0 atom stereocenters. The number of carbonyl (C=O) groups excluding carboxylic acids is 1. The van der Waals surface area contributed by atoms with Crippen molar-refractivity contribution in [2.75, 3.05) is 38.6 Å². The highest BCUT2D eigenvalue weighted by atomic mass is 16.5. The van der Waals surface area contributed by atoms with Gasteiger partial charge in [-0.2, -0.15) is 0 Å². The third-order valence-electron chi connectivity index (χ3n) is 8.51. The molecule has 2 aromatic heterocycles. The number of anilines is 1. The lowest BCUT2D eigenvalue weighted by atomic mass is 10.00. The molecule has 220 valence electrons. The molecule has 7 nitrogen and oxygen atoms in total. The Bertz CT molecular complexity index is 1780. The van der Waals surface area contributed by atoms with Crippen molar-refractivity contribution in [1.29, 1.82) is 0 Å². The van der Waals surface area contributed by atoms with Crippen molar-refractivity contribution >= 4 is 17.4 Å². The number of aromatic nitrogens is 2. The van der Waals surface area contributed by atoms with Gasteiger partial charge in [-0.1, -0.05) is 54.1 Å². The Morgan fingerprint density at radius 3 is 2.33 bits per heavy atom. The lowest BCUT2D eigenvalue weighted by Gasteiger charge is -2.35. The Morgan fingerprint density at radius 1 is 0.837 bits per heavy atom. The van der Waals surface area contributed by atoms with Gasteiger partial charge in [0.25, 0.3) is 0 Å². The number of nitrogens with one attached hydrogen (secondary N) is 1. The fraction of sp³-hybridized carbons (Fsp3) is 0.278. The van der Waals surface area contributed by atoms with Crippen molar-refractivity contribution in [3.8, 4) is 28.1 Å². The molecule has 5 aromatic rings. The molecule has 0 radical (unpaired) electrons. The van der Waals surface area contributed by atoms with Crippen molar-refractivity contribution in [1.82, 2.24) is 19.2 Å². The maximum atomic E-state index is 13.2. The van der Waals surface area contributed by atoms with E-state index in [0.29, 0.717) is 13.1 Å². The van der Waals surface area contributed by atoms with E-state index in [0.717, 1.165) is 70.4 Å². The molecule has 0 bridgehead atoms. The number of carbonyl (C=O) groups is 1. The van der Waals surface area contributed by atoms with Crippen LogP contribution >= 0.6 is 0 Å². The number of nitrogens with zero attached hydrogens (tertiary/aromatic N) is 4. The highest BCUT2D eigenvalue weighted by Gasteiger charge is 2.25. The standard InChI is InChI=1S/C36H39N5O2/c1-24-12-13-25(2)31(20-24)29-14-15-33-37-35(28-10-7-11-30(21-28)43-5)32(41(33)22-29)23-39-16-18-40(19-17-39)36(42)38-34-26(3)8-6-9-27(34)4/h6-15,20-22H,16-19,23H2,1-5H3,(H,38,42). The maximum absolute atomic E-state index is 13.2. The van der Waals surface area contributed by atoms with Crippen molar-refractivity contribution in [3.05, 3.63) is 107 Å². The minimum absolute atomic E-state index is 0.0397. The fourth-order valence-corrected chi connectivity index (χ4v) is 5.97. The number of hydrogen-bond acceptors (Lipinski definition) is 4. The molecule has 6 rings (SSSR count). The van der Waals surface area contributed by atoms with Crippen molar-refractivity contribution in [2.24, 2.45) is 0 Å². The number of ether oxygens (including phenoxy) is 1. The summed E-state index contributed by atoms with van der Waals surface area (Å²) in [5.41, 5.74) is 11.9. The average Bonchev–Trinajstić information content (AvgIpc) is 3.38. The zero-order chi connectivity index (χ0) is 30.1. The van der Waals surface area contributed by atoms with Gasteiger partial charge < -0.3 is 19.4 Å². The molecule has 1 saturated heterocycles. The van der Waals surface area contributed by atoms with E-state index in [1.54, 1.807) is 7.11 Å². The van der Waals surface area contributed by atoms with E-state index in [-0.39, 0.29) is 6.03 Å². The number of imidazole rings is 1. The number of para-hydroxylation sites is 1. The fourth-order valence-electron chi connectivity index (χ4n) is 5.97. The molecule has 0 spiro atoms. The largest absolute Gasteiger partial charge is 0.497 e. The van der Waals surface area contributed by atoms with Gasteiger partial charge in [0, 0.05) is 50.2 Å². The molecular formula is C36H39N5O2. The predicted molar refractivity (Wildman–Crippen MR) is 174 cm³/mol. The molecule has 3 heterocycles. The van der Waals surface area contributed by atoms with E-state index in [1.165, 1.54) is 16.7 Å². The first-order valence-electron chi connectivity index (χ1n) is 14.9. The van der Waals surface area contributed by atoms with Gasteiger partial charge in [-0.05, 0) is 79.8 Å². The molecule has 43 heavy (non-hydrogen) atoms. The number of amides is 2. The summed E-state index contributed by atoms with van der Waals surface area (Å²) in [6.07, 6.45) is 2.22. The summed E-state index contributed by atoms with van der Waals surface area (Å²) in [6.45, 7) is 12.0. The molecule has 0 saturated carbocycles.